The van der Waals surface area contributed by atoms with E-state index in [1.165, 1.54) is 10.5 Å². The van der Waals surface area contributed by atoms with Gasteiger partial charge in [0, 0.05) is 16.7 Å². The fourth-order valence-corrected chi connectivity index (χ4v) is 2.80. The molecule has 1 aromatic heterocycles. The van der Waals surface area contributed by atoms with Crippen LogP contribution in [0.4, 0.5) is 5.82 Å². The van der Waals surface area contributed by atoms with E-state index in [9.17, 15) is 0 Å². The van der Waals surface area contributed by atoms with Gasteiger partial charge in [-0.05, 0) is 25.5 Å². The molecular weight excluding hydrogens is 268 g/mol. The lowest BCUT2D eigenvalue weighted by Gasteiger charge is -2.07. The molecule has 0 aliphatic rings. The van der Waals surface area contributed by atoms with E-state index >= 15 is 0 Å². The van der Waals surface area contributed by atoms with Crippen molar-refractivity contribution in [1.29, 1.82) is 0 Å². The monoisotopic (exact) mass is 288 g/mol. The normalized spacial score (nSPS) is 10.6. The first kappa shape index (κ1) is 14.8. The molecule has 4 nitrogen and oxygen atoms in total. The average Bonchev–Trinajstić information content (AvgIpc) is 2.45. The number of nitrogens with zero attached hydrogens (tertiary/aromatic N) is 2. The first-order valence-electron chi connectivity index (χ1n) is 6.74. The Hall–Kier alpha value is -1.59. The fraction of sp³-hybridized carbons (Fsp3) is 0.333. The van der Waals surface area contributed by atoms with E-state index in [1.54, 1.807) is 11.8 Å². The van der Waals surface area contributed by atoms with E-state index in [1.807, 2.05) is 6.07 Å². The van der Waals surface area contributed by atoms with Crippen LogP contribution >= 0.6 is 11.8 Å². The predicted molar refractivity (Wildman–Crippen MR) is 84.6 cm³/mol. The van der Waals surface area contributed by atoms with Gasteiger partial charge in [0.2, 0.25) is 0 Å². The summed E-state index contributed by atoms with van der Waals surface area (Å²) < 4.78 is 0. The molecule has 0 bridgehead atoms. The number of hydrazine groups is 1. The summed E-state index contributed by atoms with van der Waals surface area (Å²) in [6.07, 6.45) is 2.00. The van der Waals surface area contributed by atoms with Gasteiger partial charge in [-0.1, -0.05) is 31.0 Å². The Bertz CT molecular complexity index is 572. The summed E-state index contributed by atoms with van der Waals surface area (Å²) in [5, 5.41) is 0. The summed E-state index contributed by atoms with van der Waals surface area (Å²) in [5.74, 6) is 7.71. The van der Waals surface area contributed by atoms with Crippen LogP contribution in [0, 0.1) is 6.92 Å². The van der Waals surface area contributed by atoms with Crippen molar-refractivity contribution in [2.24, 2.45) is 5.84 Å². The second-order valence-corrected chi connectivity index (χ2v) is 5.71. The van der Waals surface area contributed by atoms with Crippen molar-refractivity contribution < 1.29 is 0 Å². The maximum atomic E-state index is 5.46. The number of thioether (sulfide) groups is 1. The third-order valence-corrected chi connectivity index (χ3v) is 3.83. The minimum absolute atomic E-state index is 0.684. The third-order valence-electron chi connectivity index (χ3n) is 2.84. The van der Waals surface area contributed by atoms with Gasteiger partial charge in [0.25, 0.3) is 0 Å². The minimum atomic E-state index is 0.684. The van der Waals surface area contributed by atoms with Crippen LogP contribution in [0.5, 0.6) is 0 Å². The van der Waals surface area contributed by atoms with Crippen LogP contribution < -0.4 is 11.3 Å². The van der Waals surface area contributed by atoms with Crippen molar-refractivity contribution in [3.63, 3.8) is 0 Å². The average molecular weight is 288 g/mol. The molecule has 106 valence electrons. The molecule has 0 saturated carbocycles. The zero-order valence-electron chi connectivity index (χ0n) is 11.9. The number of aromatic nitrogens is 2. The molecule has 1 aromatic carbocycles. The highest BCUT2D eigenvalue weighted by molar-refractivity contribution is 7.98. The highest BCUT2D eigenvalue weighted by Gasteiger charge is 2.05. The number of nitrogen functional groups attached to an aromatic ring is 1. The third kappa shape index (κ3) is 4.21. The van der Waals surface area contributed by atoms with E-state index in [2.05, 4.69) is 53.5 Å². The topological polar surface area (TPSA) is 63.8 Å². The van der Waals surface area contributed by atoms with E-state index < -0.39 is 0 Å². The van der Waals surface area contributed by atoms with Crippen LogP contribution in [-0.4, -0.2) is 9.97 Å². The smallest absolute Gasteiger partial charge is 0.143 e. The molecular formula is C15H20N4S. The lowest BCUT2D eigenvalue weighted by atomic mass is 10.2. The molecule has 0 aliphatic carbocycles. The van der Waals surface area contributed by atoms with Crippen molar-refractivity contribution in [3.8, 4) is 0 Å². The Morgan fingerprint density at radius 3 is 2.80 bits per heavy atom. The van der Waals surface area contributed by atoms with Gasteiger partial charge in [-0.3, -0.25) is 0 Å². The van der Waals surface area contributed by atoms with E-state index in [-0.39, 0.29) is 0 Å². The first-order chi connectivity index (χ1) is 9.71. The summed E-state index contributed by atoms with van der Waals surface area (Å²) >= 11 is 1.74. The molecule has 2 rings (SSSR count). The first-order valence-corrected chi connectivity index (χ1v) is 7.72. The van der Waals surface area contributed by atoms with Crippen LogP contribution in [0.1, 0.15) is 30.4 Å². The molecule has 3 N–H and O–H groups in total. The maximum Gasteiger partial charge on any atom is 0.143 e. The van der Waals surface area contributed by atoms with Gasteiger partial charge < -0.3 is 5.43 Å². The second kappa shape index (κ2) is 7.26. The van der Waals surface area contributed by atoms with Crippen molar-refractivity contribution in [3.05, 3.63) is 47.4 Å². The molecule has 5 heteroatoms. The summed E-state index contributed by atoms with van der Waals surface area (Å²) in [7, 11) is 0. The lowest BCUT2D eigenvalue weighted by molar-refractivity contribution is 0.854. The zero-order chi connectivity index (χ0) is 14.4. The Labute approximate surface area is 124 Å². The number of nitrogens with two attached hydrogens (primary N) is 1. The van der Waals surface area contributed by atoms with Gasteiger partial charge in [0.1, 0.15) is 11.6 Å². The molecule has 20 heavy (non-hydrogen) atoms. The maximum absolute atomic E-state index is 5.46. The number of nitrogens with one attached hydrogen (secondary N) is 1. The summed E-state index contributed by atoms with van der Waals surface area (Å²) in [5.41, 5.74) is 4.91. The van der Waals surface area contributed by atoms with Crippen LogP contribution in [-0.2, 0) is 12.2 Å². The summed E-state index contributed by atoms with van der Waals surface area (Å²) in [6.45, 7) is 4.23. The molecule has 0 amide bonds. The number of hydrogen-bond acceptors (Lipinski definition) is 5. The number of rotatable bonds is 6. The van der Waals surface area contributed by atoms with Gasteiger partial charge in [-0.15, -0.1) is 11.8 Å². The van der Waals surface area contributed by atoms with Gasteiger partial charge >= 0.3 is 0 Å². The molecule has 0 unspecified atom stereocenters. The number of anilines is 1. The molecule has 0 saturated heterocycles. The van der Waals surface area contributed by atoms with Crippen LogP contribution in [0.2, 0.25) is 0 Å². The predicted octanol–water partition coefficient (Wildman–Crippen LogP) is 3.32. The Morgan fingerprint density at radius 1 is 1.25 bits per heavy atom. The molecule has 0 spiro atoms. The minimum Gasteiger partial charge on any atom is -0.308 e. The fourth-order valence-electron chi connectivity index (χ4n) is 1.93. The largest absolute Gasteiger partial charge is 0.308 e. The number of aryl methyl sites for hydroxylation is 2. The Morgan fingerprint density at radius 2 is 2.10 bits per heavy atom. The molecule has 1 heterocycles. The van der Waals surface area contributed by atoms with Crippen molar-refractivity contribution >= 4 is 17.6 Å². The van der Waals surface area contributed by atoms with Gasteiger partial charge in [-0.2, -0.15) is 0 Å². The van der Waals surface area contributed by atoms with Crippen LogP contribution in [0.3, 0.4) is 0 Å². The van der Waals surface area contributed by atoms with Gasteiger partial charge in [-0.25, -0.2) is 15.8 Å². The molecule has 0 aliphatic heterocycles. The van der Waals surface area contributed by atoms with Gasteiger partial charge in [0.15, 0.2) is 0 Å². The number of hydrogen-bond donors (Lipinski definition) is 2. The van der Waals surface area contributed by atoms with Crippen LogP contribution in [0.25, 0.3) is 0 Å². The lowest BCUT2D eigenvalue weighted by Crippen LogP contribution is -2.11. The van der Waals surface area contributed by atoms with E-state index in [0.717, 1.165) is 30.1 Å². The van der Waals surface area contributed by atoms with E-state index in [0.29, 0.717) is 5.82 Å². The molecule has 0 radical (unpaired) electrons. The highest BCUT2D eigenvalue weighted by atomic mass is 32.2. The standard InChI is InChI=1S/C15H20N4S/c1-3-5-12-9-14(19-16)18-15(17-12)10-20-13-7-4-6-11(2)8-13/h4,6-9H,3,5,10,16H2,1-2H3,(H,17,18,19). The highest BCUT2D eigenvalue weighted by Crippen LogP contribution is 2.22. The summed E-state index contributed by atoms with van der Waals surface area (Å²) in [4.78, 5) is 10.2. The van der Waals surface area contributed by atoms with Crippen molar-refractivity contribution in [1.82, 2.24) is 9.97 Å². The van der Waals surface area contributed by atoms with Crippen LogP contribution in [0.15, 0.2) is 35.2 Å². The summed E-state index contributed by atoms with van der Waals surface area (Å²) in [6, 6.07) is 10.3. The second-order valence-electron chi connectivity index (χ2n) is 4.66. The molecule has 0 fully saturated rings. The molecule has 2 aromatic rings. The Kier molecular flexibility index (Phi) is 5.38. The Balaban J connectivity index is 2.10. The zero-order valence-corrected chi connectivity index (χ0v) is 12.7. The quantitative estimate of drug-likeness (QED) is 0.485. The van der Waals surface area contributed by atoms with Crippen molar-refractivity contribution in [2.45, 2.75) is 37.3 Å². The van der Waals surface area contributed by atoms with Crippen molar-refractivity contribution in [2.75, 3.05) is 5.43 Å². The van der Waals surface area contributed by atoms with Gasteiger partial charge in [0.05, 0.1) is 5.75 Å². The van der Waals surface area contributed by atoms with E-state index in [4.69, 9.17) is 5.84 Å². The number of benzene rings is 1. The molecule has 0 atom stereocenters. The SMILES string of the molecule is CCCc1cc(NN)nc(CSc2cccc(C)c2)n1.